The van der Waals surface area contributed by atoms with E-state index >= 15 is 0 Å². The molecule has 0 aliphatic heterocycles. The molecule has 0 spiro atoms. The highest BCUT2D eigenvalue weighted by atomic mass is 16.1. The monoisotopic (exact) mass is 318 g/mol. The number of aromatic nitrogens is 1. The molecule has 0 fully saturated rings. The molecule has 0 aliphatic carbocycles. The van der Waals surface area contributed by atoms with Crippen LogP contribution in [-0.2, 0) is 0 Å². The van der Waals surface area contributed by atoms with Crippen LogP contribution in [0.1, 0.15) is 35.8 Å². The lowest BCUT2D eigenvalue weighted by molar-refractivity contribution is 0.0948. The second-order valence-corrected chi connectivity index (χ2v) is 6.00. The number of carbonyl (C=O) groups excluding carboxylic acids is 1. The lowest BCUT2D eigenvalue weighted by Gasteiger charge is -2.12. The van der Waals surface area contributed by atoms with E-state index in [0.29, 0.717) is 12.2 Å². The summed E-state index contributed by atoms with van der Waals surface area (Å²) < 4.78 is 0. The Hall–Kier alpha value is -2.68. The van der Waals surface area contributed by atoms with Crippen LogP contribution in [0, 0.1) is 6.92 Å². The van der Waals surface area contributed by atoms with Crippen LogP contribution in [0.2, 0.25) is 0 Å². The number of unbranched alkanes of at least 4 members (excludes halogenated alkanes) is 1. The number of benzene rings is 2. The molecule has 0 saturated carbocycles. The maximum Gasteiger partial charge on any atom is 0.269 e. The van der Waals surface area contributed by atoms with E-state index in [4.69, 9.17) is 4.98 Å². The van der Waals surface area contributed by atoms with Crippen molar-refractivity contribution in [3.8, 4) is 11.3 Å². The minimum Gasteiger partial charge on any atom is -0.351 e. The molecule has 122 valence electrons. The van der Waals surface area contributed by atoms with Crippen molar-refractivity contribution < 1.29 is 4.79 Å². The van der Waals surface area contributed by atoms with Crippen molar-refractivity contribution >= 4 is 16.7 Å². The maximum atomic E-state index is 12.5. The average molecular weight is 318 g/mol. The van der Waals surface area contributed by atoms with Gasteiger partial charge in [-0.05, 0) is 30.4 Å². The smallest absolute Gasteiger partial charge is 0.269 e. The normalized spacial score (nSPS) is 10.8. The Labute approximate surface area is 142 Å². The number of hydrogen-bond acceptors (Lipinski definition) is 2. The third kappa shape index (κ3) is 3.30. The number of pyridine rings is 1. The van der Waals surface area contributed by atoms with Crippen molar-refractivity contribution in [1.29, 1.82) is 0 Å². The molecule has 24 heavy (non-hydrogen) atoms. The van der Waals surface area contributed by atoms with E-state index < -0.39 is 0 Å². The molecule has 0 atom stereocenters. The highest BCUT2D eigenvalue weighted by molar-refractivity contribution is 6.01. The van der Waals surface area contributed by atoms with Crippen LogP contribution in [0.3, 0.4) is 0 Å². The molecule has 0 bridgehead atoms. The van der Waals surface area contributed by atoms with Crippen LogP contribution in [0.5, 0.6) is 0 Å². The maximum absolute atomic E-state index is 12.5. The van der Waals surface area contributed by atoms with Gasteiger partial charge in [-0.3, -0.25) is 4.79 Å². The van der Waals surface area contributed by atoms with Crippen LogP contribution in [-0.4, -0.2) is 17.4 Å². The Morgan fingerprint density at radius 1 is 1.08 bits per heavy atom. The molecule has 0 radical (unpaired) electrons. The van der Waals surface area contributed by atoms with Crippen LogP contribution in [0.25, 0.3) is 22.0 Å². The number of carbonyl (C=O) groups is 1. The Morgan fingerprint density at radius 3 is 2.62 bits per heavy atom. The van der Waals surface area contributed by atoms with Gasteiger partial charge in [0.1, 0.15) is 5.69 Å². The molecule has 3 rings (SSSR count). The summed E-state index contributed by atoms with van der Waals surface area (Å²) in [4.78, 5) is 17.2. The standard InChI is InChI=1S/C21H22N2O/c1-3-4-13-22-21(24)19-14-16-10-6-8-12-18(16)20(23-19)17-11-7-5-9-15(17)2/h5-12,14H,3-4,13H2,1-2H3,(H,22,24). The van der Waals surface area contributed by atoms with E-state index in [1.54, 1.807) is 0 Å². The molecule has 0 unspecified atom stereocenters. The molecule has 3 aromatic rings. The van der Waals surface area contributed by atoms with E-state index in [0.717, 1.165) is 40.4 Å². The lowest BCUT2D eigenvalue weighted by atomic mass is 9.99. The van der Waals surface area contributed by atoms with Crippen LogP contribution >= 0.6 is 0 Å². The molecule has 1 heterocycles. The van der Waals surface area contributed by atoms with E-state index in [1.807, 2.05) is 36.4 Å². The fraction of sp³-hybridized carbons (Fsp3) is 0.238. The largest absolute Gasteiger partial charge is 0.351 e. The highest BCUT2D eigenvalue weighted by Gasteiger charge is 2.14. The van der Waals surface area contributed by atoms with Gasteiger partial charge in [0.15, 0.2) is 0 Å². The Bertz CT molecular complexity index is 871. The van der Waals surface area contributed by atoms with Gasteiger partial charge >= 0.3 is 0 Å². The van der Waals surface area contributed by atoms with Gasteiger partial charge in [-0.1, -0.05) is 61.9 Å². The summed E-state index contributed by atoms with van der Waals surface area (Å²) in [6, 6.07) is 18.1. The van der Waals surface area contributed by atoms with E-state index in [1.165, 1.54) is 0 Å². The zero-order chi connectivity index (χ0) is 16.9. The summed E-state index contributed by atoms with van der Waals surface area (Å²) in [7, 11) is 0. The van der Waals surface area contributed by atoms with Gasteiger partial charge < -0.3 is 5.32 Å². The molecule has 2 aromatic carbocycles. The number of nitrogens with zero attached hydrogens (tertiary/aromatic N) is 1. The second kappa shape index (κ2) is 7.26. The van der Waals surface area contributed by atoms with Gasteiger partial charge in [0, 0.05) is 17.5 Å². The number of hydrogen-bond donors (Lipinski definition) is 1. The van der Waals surface area contributed by atoms with Crippen molar-refractivity contribution in [1.82, 2.24) is 10.3 Å². The second-order valence-electron chi connectivity index (χ2n) is 6.00. The first kappa shape index (κ1) is 16.2. The van der Waals surface area contributed by atoms with Crippen LogP contribution in [0.15, 0.2) is 54.6 Å². The minimum absolute atomic E-state index is 0.107. The first-order valence-corrected chi connectivity index (χ1v) is 8.44. The summed E-state index contributed by atoms with van der Waals surface area (Å²) in [6.45, 7) is 4.86. The number of fused-ring (bicyclic) bond motifs is 1. The van der Waals surface area contributed by atoms with Gasteiger partial charge in [0.05, 0.1) is 5.69 Å². The van der Waals surface area contributed by atoms with Crippen molar-refractivity contribution in [2.45, 2.75) is 26.7 Å². The fourth-order valence-corrected chi connectivity index (χ4v) is 2.83. The predicted molar refractivity (Wildman–Crippen MR) is 99.2 cm³/mol. The van der Waals surface area contributed by atoms with Crippen LogP contribution < -0.4 is 5.32 Å². The van der Waals surface area contributed by atoms with E-state index in [-0.39, 0.29) is 5.91 Å². The third-order valence-corrected chi connectivity index (χ3v) is 4.19. The van der Waals surface area contributed by atoms with Gasteiger partial charge in [-0.2, -0.15) is 0 Å². The fourth-order valence-electron chi connectivity index (χ4n) is 2.83. The van der Waals surface area contributed by atoms with Crippen molar-refractivity contribution in [2.24, 2.45) is 0 Å². The SMILES string of the molecule is CCCCNC(=O)c1cc2ccccc2c(-c2ccccc2C)n1. The number of nitrogens with one attached hydrogen (secondary N) is 1. The number of aryl methyl sites for hydroxylation is 1. The molecule has 1 amide bonds. The molecule has 0 aliphatic rings. The summed E-state index contributed by atoms with van der Waals surface area (Å²) in [5.41, 5.74) is 3.56. The zero-order valence-corrected chi connectivity index (χ0v) is 14.2. The molecule has 3 nitrogen and oxygen atoms in total. The van der Waals surface area contributed by atoms with Crippen molar-refractivity contribution in [3.05, 3.63) is 65.9 Å². The Morgan fingerprint density at radius 2 is 1.83 bits per heavy atom. The Kier molecular flexibility index (Phi) is 4.90. The molecule has 0 saturated heterocycles. The third-order valence-electron chi connectivity index (χ3n) is 4.19. The molecule has 1 N–H and O–H groups in total. The predicted octanol–water partition coefficient (Wildman–Crippen LogP) is 4.74. The molecule has 1 aromatic heterocycles. The number of rotatable bonds is 5. The average Bonchev–Trinajstić information content (AvgIpc) is 2.61. The minimum atomic E-state index is -0.107. The topological polar surface area (TPSA) is 42.0 Å². The zero-order valence-electron chi connectivity index (χ0n) is 14.2. The van der Waals surface area contributed by atoms with Crippen molar-refractivity contribution in [3.63, 3.8) is 0 Å². The quantitative estimate of drug-likeness (QED) is 0.690. The van der Waals surface area contributed by atoms with E-state index in [2.05, 4.69) is 37.4 Å². The number of amides is 1. The van der Waals surface area contributed by atoms with Crippen LogP contribution in [0.4, 0.5) is 0 Å². The summed E-state index contributed by atoms with van der Waals surface area (Å²) in [5.74, 6) is -0.107. The van der Waals surface area contributed by atoms with Gasteiger partial charge in [0.2, 0.25) is 0 Å². The first-order valence-electron chi connectivity index (χ1n) is 8.44. The van der Waals surface area contributed by atoms with Gasteiger partial charge in [-0.25, -0.2) is 4.98 Å². The Balaban J connectivity index is 2.10. The summed E-state index contributed by atoms with van der Waals surface area (Å²) in [6.07, 6.45) is 2.03. The molecule has 3 heteroatoms. The molecular weight excluding hydrogens is 296 g/mol. The van der Waals surface area contributed by atoms with Gasteiger partial charge in [-0.15, -0.1) is 0 Å². The van der Waals surface area contributed by atoms with Gasteiger partial charge in [0.25, 0.3) is 5.91 Å². The highest BCUT2D eigenvalue weighted by Crippen LogP contribution is 2.29. The van der Waals surface area contributed by atoms with E-state index in [9.17, 15) is 4.79 Å². The summed E-state index contributed by atoms with van der Waals surface area (Å²) in [5, 5.41) is 5.06. The summed E-state index contributed by atoms with van der Waals surface area (Å²) >= 11 is 0. The molecular formula is C21H22N2O. The van der Waals surface area contributed by atoms with Crippen molar-refractivity contribution in [2.75, 3.05) is 6.54 Å². The first-order chi connectivity index (χ1) is 11.7. The lowest BCUT2D eigenvalue weighted by Crippen LogP contribution is -2.25.